The summed E-state index contributed by atoms with van der Waals surface area (Å²) < 4.78 is 0. The Balaban J connectivity index is 1.26. The van der Waals surface area contributed by atoms with Crippen molar-refractivity contribution in [3.63, 3.8) is 0 Å². The average Bonchev–Trinajstić information content (AvgIpc) is 3.31. The predicted octanol–water partition coefficient (Wildman–Crippen LogP) is 7.01. The molecule has 0 aliphatic heterocycles. The van der Waals surface area contributed by atoms with Crippen LogP contribution in [-0.2, 0) is 35.3 Å². The molecule has 190 valence electrons. The predicted molar refractivity (Wildman–Crippen MR) is 146 cm³/mol. The maximum Gasteiger partial charge on any atom is 0.225 e. The van der Waals surface area contributed by atoms with Crippen LogP contribution in [0.4, 0.5) is 10.0 Å². The molecular formula is C28H34N4O2S2. The van der Waals surface area contributed by atoms with Gasteiger partial charge in [0.05, 0.1) is 11.1 Å². The smallest absolute Gasteiger partial charge is 0.225 e. The SMILES string of the molecule is N#Cc1c(NC(=O)CCCCC(=O)Nc2sc3c(c2C#N)CCCCCC3)sc2c1CCCCCC2. The third-order valence-corrected chi connectivity index (χ3v) is 9.54. The van der Waals surface area contributed by atoms with Gasteiger partial charge < -0.3 is 10.6 Å². The van der Waals surface area contributed by atoms with Crippen molar-refractivity contribution in [3.8, 4) is 12.1 Å². The molecule has 0 bridgehead atoms. The summed E-state index contributed by atoms with van der Waals surface area (Å²) in [5, 5.41) is 26.7. The number of hydrogen-bond acceptors (Lipinski definition) is 6. The van der Waals surface area contributed by atoms with Crippen molar-refractivity contribution >= 4 is 44.5 Å². The zero-order valence-electron chi connectivity index (χ0n) is 20.8. The number of carbonyl (C=O) groups is 2. The molecule has 36 heavy (non-hydrogen) atoms. The Morgan fingerprint density at radius 1 is 0.639 bits per heavy atom. The lowest BCUT2D eigenvalue weighted by Gasteiger charge is -2.08. The molecule has 0 fully saturated rings. The second-order valence-electron chi connectivity index (χ2n) is 9.77. The minimum Gasteiger partial charge on any atom is -0.317 e. The van der Waals surface area contributed by atoms with Crippen LogP contribution < -0.4 is 10.6 Å². The van der Waals surface area contributed by atoms with Crippen LogP contribution in [0.15, 0.2) is 0 Å². The van der Waals surface area contributed by atoms with E-state index in [2.05, 4.69) is 22.8 Å². The van der Waals surface area contributed by atoms with Crippen LogP contribution in [0.3, 0.4) is 0 Å². The fraction of sp³-hybridized carbons (Fsp3) is 0.571. The Kier molecular flexibility index (Phi) is 9.55. The number of nitriles is 2. The highest BCUT2D eigenvalue weighted by atomic mass is 32.1. The van der Waals surface area contributed by atoms with Crippen LogP contribution in [0.2, 0.25) is 0 Å². The normalized spacial score (nSPS) is 15.6. The lowest BCUT2D eigenvalue weighted by Crippen LogP contribution is -2.13. The molecule has 2 amide bonds. The van der Waals surface area contributed by atoms with Crippen molar-refractivity contribution in [3.05, 3.63) is 32.0 Å². The van der Waals surface area contributed by atoms with E-state index in [0.29, 0.717) is 46.8 Å². The Morgan fingerprint density at radius 2 is 1.03 bits per heavy atom. The van der Waals surface area contributed by atoms with E-state index in [1.54, 1.807) is 22.7 Å². The van der Waals surface area contributed by atoms with E-state index in [1.165, 1.54) is 35.4 Å². The molecule has 2 aromatic rings. The summed E-state index contributed by atoms with van der Waals surface area (Å²) in [6.07, 6.45) is 14.9. The van der Waals surface area contributed by atoms with E-state index in [4.69, 9.17) is 0 Å². The molecule has 0 saturated heterocycles. The summed E-state index contributed by atoms with van der Waals surface area (Å²) >= 11 is 3.11. The number of unbranched alkanes of at least 4 members (excludes halogenated alkanes) is 1. The number of nitrogens with zero attached hydrogens (tertiary/aromatic N) is 2. The molecule has 0 aromatic carbocycles. The fourth-order valence-corrected chi connectivity index (χ4v) is 7.71. The largest absolute Gasteiger partial charge is 0.317 e. The zero-order chi connectivity index (χ0) is 25.3. The lowest BCUT2D eigenvalue weighted by atomic mass is 9.97. The highest BCUT2D eigenvalue weighted by Crippen LogP contribution is 2.38. The minimum atomic E-state index is -0.106. The molecule has 0 unspecified atom stereocenters. The quantitative estimate of drug-likeness (QED) is 0.382. The van der Waals surface area contributed by atoms with Gasteiger partial charge in [-0.25, -0.2) is 0 Å². The van der Waals surface area contributed by atoms with Gasteiger partial charge in [0.1, 0.15) is 22.1 Å². The molecule has 8 heteroatoms. The van der Waals surface area contributed by atoms with Gasteiger partial charge in [-0.2, -0.15) is 10.5 Å². The van der Waals surface area contributed by atoms with Crippen molar-refractivity contribution in [2.75, 3.05) is 10.6 Å². The van der Waals surface area contributed by atoms with E-state index >= 15 is 0 Å². The van der Waals surface area contributed by atoms with Gasteiger partial charge in [-0.05, 0) is 75.3 Å². The second kappa shape index (κ2) is 13.0. The van der Waals surface area contributed by atoms with Crippen LogP contribution in [0, 0.1) is 22.7 Å². The summed E-state index contributed by atoms with van der Waals surface area (Å²) in [7, 11) is 0. The number of hydrogen-bond donors (Lipinski definition) is 2. The Morgan fingerprint density at radius 3 is 1.42 bits per heavy atom. The molecule has 2 aliphatic rings. The van der Waals surface area contributed by atoms with E-state index < -0.39 is 0 Å². The van der Waals surface area contributed by atoms with Crippen molar-refractivity contribution in [2.45, 2.75) is 103 Å². The van der Waals surface area contributed by atoms with E-state index in [-0.39, 0.29) is 11.8 Å². The van der Waals surface area contributed by atoms with Crippen LogP contribution in [0.5, 0.6) is 0 Å². The van der Waals surface area contributed by atoms with E-state index in [9.17, 15) is 20.1 Å². The van der Waals surface area contributed by atoms with Crippen molar-refractivity contribution in [2.24, 2.45) is 0 Å². The minimum absolute atomic E-state index is 0.106. The third kappa shape index (κ3) is 6.55. The maximum atomic E-state index is 12.6. The van der Waals surface area contributed by atoms with Gasteiger partial charge in [0.15, 0.2) is 0 Å². The van der Waals surface area contributed by atoms with Gasteiger partial charge in [-0.1, -0.05) is 25.7 Å². The van der Waals surface area contributed by atoms with Crippen LogP contribution in [-0.4, -0.2) is 11.8 Å². The van der Waals surface area contributed by atoms with Gasteiger partial charge in [-0.3, -0.25) is 9.59 Å². The highest BCUT2D eigenvalue weighted by Gasteiger charge is 2.22. The zero-order valence-corrected chi connectivity index (χ0v) is 22.5. The first-order valence-corrected chi connectivity index (χ1v) is 14.9. The monoisotopic (exact) mass is 522 g/mol. The third-order valence-electron chi connectivity index (χ3n) is 7.13. The number of aryl methyl sites for hydroxylation is 2. The summed E-state index contributed by atoms with van der Waals surface area (Å²) in [6.45, 7) is 0. The number of anilines is 2. The maximum absolute atomic E-state index is 12.6. The molecule has 0 spiro atoms. The molecule has 6 nitrogen and oxygen atoms in total. The number of amides is 2. The van der Waals surface area contributed by atoms with Crippen molar-refractivity contribution < 1.29 is 9.59 Å². The van der Waals surface area contributed by atoms with Crippen LogP contribution in [0.1, 0.15) is 109 Å². The van der Waals surface area contributed by atoms with Crippen LogP contribution in [0.25, 0.3) is 0 Å². The average molecular weight is 523 g/mol. The summed E-state index contributed by atoms with van der Waals surface area (Å²) in [5.74, 6) is -0.211. The molecule has 2 heterocycles. The molecule has 4 rings (SSSR count). The lowest BCUT2D eigenvalue weighted by molar-refractivity contribution is -0.118. The number of thiophene rings is 2. The summed E-state index contributed by atoms with van der Waals surface area (Å²) in [5.41, 5.74) is 3.55. The molecule has 0 atom stereocenters. The molecule has 2 aliphatic carbocycles. The fourth-order valence-electron chi connectivity index (χ4n) is 5.20. The standard InChI is InChI=1S/C28H34N4O2S2/c29-17-21-19-11-5-1-3-7-13-23(19)35-27(21)31-25(33)15-9-10-16-26(34)32-28-22(18-30)20-12-6-2-4-8-14-24(20)36-28/h1-16H2,(H,31,33)(H,32,34). The summed E-state index contributed by atoms with van der Waals surface area (Å²) in [4.78, 5) is 27.6. The first-order chi connectivity index (χ1) is 17.6. The molecular weight excluding hydrogens is 488 g/mol. The van der Waals surface area contributed by atoms with Gasteiger partial charge in [-0.15, -0.1) is 22.7 Å². The molecule has 2 N–H and O–H groups in total. The first-order valence-electron chi connectivity index (χ1n) is 13.3. The number of fused-ring (bicyclic) bond motifs is 2. The number of nitrogens with one attached hydrogen (secondary N) is 2. The second-order valence-corrected chi connectivity index (χ2v) is 12.0. The van der Waals surface area contributed by atoms with Gasteiger partial charge in [0.25, 0.3) is 0 Å². The molecule has 0 radical (unpaired) electrons. The highest BCUT2D eigenvalue weighted by molar-refractivity contribution is 7.17. The molecule has 2 aromatic heterocycles. The number of carbonyl (C=O) groups excluding carboxylic acids is 2. The Labute approximate surface area is 221 Å². The topological polar surface area (TPSA) is 106 Å². The van der Waals surface area contributed by atoms with Crippen molar-refractivity contribution in [1.29, 1.82) is 10.5 Å². The van der Waals surface area contributed by atoms with E-state index in [1.807, 2.05) is 0 Å². The Bertz CT molecular complexity index is 1090. The van der Waals surface area contributed by atoms with Crippen molar-refractivity contribution in [1.82, 2.24) is 0 Å². The van der Waals surface area contributed by atoms with Gasteiger partial charge >= 0.3 is 0 Å². The van der Waals surface area contributed by atoms with E-state index in [0.717, 1.165) is 62.5 Å². The molecule has 0 saturated carbocycles. The Hall–Kier alpha value is -2.68. The van der Waals surface area contributed by atoms with Gasteiger partial charge in [0, 0.05) is 22.6 Å². The van der Waals surface area contributed by atoms with Crippen LogP contribution >= 0.6 is 22.7 Å². The summed E-state index contributed by atoms with van der Waals surface area (Å²) in [6, 6.07) is 4.64. The van der Waals surface area contributed by atoms with Gasteiger partial charge in [0.2, 0.25) is 11.8 Å². The number of rotatable bonds is 7. The first kappa shape index (κ1) is 26.4.